The van der Waals surface area contributed by atoms with Crippen molar-refractivity contribution < 1.29 is 0 Å². The van der Waals surface area contributed by atoms with Gasteiger partial charge in [0.05, 0.1) is 23.1 Å². The van der Waals surface area contributed by atoms with Crippen LogP contribution in [0.1, 0.15) is 20.8 Å². The van der Waals surface area contributed by atoms with Crippen LogP contribution >= 0.6 is 0 Å². The van der Waals surface area contributed by atoms with E-state index in [1.807, 2.05) is 12.1 Å². The highest BCUT2D eigenvalue weighted by atomic mass is 15.3. The van der Waals surface area contributed by atoms with Gasteiger partial charge in [0.15, 0.2) is 0 Å². The summed E-state index contributed by atoms with van der Waals surface area (Å²) in [5.74, 6) is 0. The number of nitrogen functional groups attached to an aromatic ring is 1. The topological polar surface area (TPSA) is 45.4 Å². The smallest absolute Gasteiger partial charge is 0.0745 e. The number of pyridine rings is 1. The van der Waals surface area contributed by atoms with Crippen molar-refractivity contribution in [2.45, 2.75) is 26.3 Å². The molecule has 1 aliphatic rings. The molecule has 0 atom stereocenters. The summed E-state index contributed by atoms with van der Waals surface area (Å²) < 4.78 is 0. The first-order chi connectivity index (χ1) is 9.97. The number of nitrogens with zero attached hydrogens (tertiary/aromatic N) is 3. The Balaban J connectivity index is 1.91. The SMILES string of the molecule is CC(C)(C)N1CCN(c2c(N)cnc3ccccc23)CC1. The summed E-state index contributed by atoms with van der Waals surface area (Å²) in [6.45, 7) is 11.0. The molecule has 1 aromatic carbocycles. The van der Waals surface area contributed by atoms with Crippen molar-refractivity contribution in [1.82, 2.24) is 9.88 Å². The van der Waals surface area contributed by atoms with Gasteiger partial charge in [0.1, 0.15) is 0 Å². The van der Waals surface area contributed by atoms with E-state index in [0.29, 0.717) is 0 Å². The normalized spacial score (nSPS) is 17.4. The minimum Gasteiger partial charge on any atom is -0.396 e. The largest absolute Gasteiger partial charge is 0.396 e. The number of nitrogens with two attached hydrogens (primary N) is 1. The molecule has 0 saturated carbocycles. The van der Waals surface area contributed by atoms with Crippen LogP contribution in [0.5, 0.6) is 0 Å². The molecule has 0 amide bonds. The van der Waals surface area contributed by atoms with Crippen molar-refractivity contribution in [3.63, 3.8) is 0 Å². The number of hydrogen-bond acceptors (Lipinski definition) is 4. The third kappa shape index (κ3) is 2.68. The van der Waals surface area contributed by atoms with Crippen LogP contribution in [0.4, 0.5) is 11.4 Å². The molecule has 0 aliphatic carbocycles. The molecule has 1 aromatic heterocycles. The molecule has 2 N–H and O–H groups in total. The van der Waals surface area contributed by atoms with Gasteiger partial charge >= 0.3 is 0 Å². The highest BCUT2D eigenvalue weighted by Crippen LogP contribution is 2.32. The fraction of sp³-hybridized carbons (Fsp3) is 0.471. The molecule has 112 valence electrons. The zero-order valence-corrected chi connectivity index (χ0v) is 13.1. The number of para-hydroxylation sites is 1. The van der Waals surface area contributed by atoms with Crippen LogP contribution in [-0.4, -0.2) is 41.6 Å². The van der Waals surface area contributed by atoms with Crippen LogP contribution in [0.2, 0.25) is 0 Å². The first kappa shape index (κ1) is 14.1. The van der Waals surface area contributed by atoms with Gasteiger partial charge in [-0.15, -0.1) is 0 Å². The van der Waals surface area contributed by atoms with Crippen LogP contribution in [0, 0.1) is 0 Å². The van der Waals surface area contributed by atoms with E-state index in [1.54, 1.807) is 6.20 Å². The quantitative estimate of drug-likeness (QED) is 0.874. The molecule has 0 bridgehead atoms. The molecular formula is C17H24N4. The second-order valence-electron chi connectivity index (χ2n) is 6.72. The maximum absolute atomic E-state index is 6.22. The van der Waals surface area contributed by atoms with E-state index in [4.69, 9.17) is 5.73 Å². The average molecular weight is 284 g/mol. The molecule has 2 aromatic rings. The molecule has 1 aliphatic heterocycles. The third-order valence-electron chi connectivity index (χ3n) is 4.32. The number of benzene rings is 1. The van der Waals surface area contributed by atoms with Gasteiger partial charge in [-0.05, 0) is 26.8 Å². The van der Waals surface area contributed by atoms with E-state index in [1.165, 1.54) is 0 Å². The van der Waals surface area contributed by atoms with E-state index < -0.39 is 0 Å². The van der Waals surface area contributed by atoms with E-state index in [9.17, 15) is 0 Å². The summed E-state index contributed by atoms with van der Waals surface area (Å²) in [5, 5.41) is 1.15. The van der Waals surface area contributed by atoms with Gasteiger partial charge in [-0.2, -0.15) is 0 Å². The average Bonchev–Trinajstić information content (AvgIpc) is 2.46. The first-order valence-corrected chi connectivity index (χ1v) is 7.60. The molecule has 0 unspecified atom stereocenters. The van der Waals surface area contributed by atoms with Gasteiger partial charge in [0, 0.05) is 37.1 Å². The highest BCUT2D eigenvalue weighted by Gasteiger charge is 2.27. The Morgan fingerprint density at radius 1 is 1.05 bits per heavy atom. The number of piperazine rings is 1. The predicted molar refractivity (Wildman–Crippen MR) is 89.7 cm³/mol. The summed E-state index contributed by atoms with van der Waals surface area (Å²) in [6.07, 6.45) is 1.79. The van der Waals surface area contributed by atoms with E-state index in [-0.39, 0.29) is 5.54 Å². The Morgan fingerprint density at radius 3 is 2.38 bits per heavy atom. The van der Waals surface area contributed by atoms with Gasteiger partial charge < -0.3 is 10.6 Å². The number of hydrogen-bond donors (Lipinski definition) is 1. The molecule has 2 heterocycles. The van der Waals surface area contributed by atoms with Gasteiger partial charge in [-0.3, -0.25) is 9.88 Å². The summed E-state index contributed by atoms with van der Waals surface area (Å²) >= 11 is 0. The molecule has 21 heavy (non-hydrogen) atoms. The minimum atomic E-state index is 0.234. The standard InChI is InChI=1S/C17H24N4/c1-17(2,3)21-10-8-20(9-11-21)16-13-6-4-5-7-15(13)19-12-14(16)18/h4-7,12H,8-11,18H2,1-3H3. The zero-order chi connectivity index (χ0) is 15.0. The Labute approximate surface area is 126 Å². The van der Waals surface area contributed by atoms with Crippen LogP contribution in [0.15, 0.2) is 30.5 Å². The number of rotatable bonds is 1. The predicted octanol–water partition coefficient (Wildman–Crippen LogP) is 2.74. The molecule has 1 fully saturated rings. The molecule has 4 nitrogen and oxygen atoms in total. The third-order valence-corrected chi connectivity index (χ3v) is 4.32. The van der Waals surface area contributed by atoms with Crippen LogP contribution in [-0.2, 0) is 0 Å². The van der Waals surface area contributed by atoms with Gasteiger partial charge in [-0.1, -0.05) is 18.2 Å². The number of fused-ring (bicyclic) bond motifs is 1. The summed E-state index contributed by atoms with van der Waals surface area (Å²) in [7, 11) is 0. The second-order valence-corrected chi connectivity index (χ2v) is 6.72. The fourth-order valence-corrected chi connectivity index (χ4v) is 3.10. The van der Waals surface area contributed by atoms with Gasteiger partial charge in [0.25, 0.3) is 0 Å². The lowest BCUT2D eigenvalue weighted by Crippen LogP contribution is -2.53. The Bertz CT molecular complexity index is 637. The molecule has 0 radical (unpaired) electrons. The molecule has 1 saturated heterocycles. The molecular weight excluding hydrogens is 260 g/mol. The Kier molecular flexibility index (Phi) is 3.49. The van der Waals surface area contributed by atoms with Crippen molar-refractivity contribution in [2.75, 3.05) is 36.8 Å². The Hall–Kier alpha value is -1.81. The van der Waals surface area contributed by atoms with Crippen LogP contribution in [0.25, 0.3) is 10.9 Å². The van der Waals surface area contributed by atoms with Crippen molar-refractivity contribution in [3.05, 3.63) is 30.5 Å². The van der Waals surface area contributed by atoms with Gasteiger partial charge in [0.2, 0.25) is 0 Å². The number of anilines is 2. The number of aromatic nitrogens is 1. The van der Waals surface area contributed by atoms with Gasteiger partial charge in [-0.25, -0.2) is 0 Å². The van der Waals surface area contributed by atoms with Crippen molar-refractivity contribution >= 4 is 22.3 Å². The first-order valence-electron chi connectivity index (χ1n) is 7.60. The summed E-state index contributed by atoms with van der Waals surface area (Å²) in [5.41, 5.74) is 9.39. The zero-order valence-electron chi connectivity index (χ0n) is 13.1. The summed E-state index contributed by atoms with van der Waals surface area (Å²) in [6, 6.07) is 8.24. The molecule has 3 rings (SSSR count). The second kappa shape index (κ2) is 5.19. The van der Waals surface area contributed by atoms with Crippen molar-refractivity contribution in [1.29, 1.82) is 0 Å². The molecule has 4 heteroatoms. The van der Waals surface area contributed by atoms with Crippen molar-refractivity contribution in [2.24, 2.45) is 0 Å². The lowest BCUT2D eigenvalue weighted by Gasteiger charge is -2.43. The van der Waals surface area contributed by atoms with E-state index in [0.717, 1.165) is 48.5 Å². The lowest BCUT2D eigenvalue weighted by molar-refractivity contribution is 0.128. The Morgan fingerprint density at radius 2 is 1.71 bits per heavy atom. The maximum atomic E-state index is 6.22. The maximum Gasteiger partial charge on any atom is 0.0745 e. The minimum absolute atomic E-state index is 0.234. The fourth-order valence-electron chi connectivity index (χ4n) is 3.10. The van der Waals surface area contributed by atoms with Crippen LogP contribution in [0.3, 0.4) is 0 Å². The van der Waals surface area contributed by atoms with E-state index in [2.05, 4.69) is 47.7 Å². The monoisotopic (exact) mass is 284 g/mol. The van der Waals surface area contributed by atoms with Crippen LogP contribution < -0.4 is 10.6 Å². The molecule has 0 spiro atoms. The van der Waals surface area contributed by atoms with E-state index >= 15 is 0 Å². The van der Waals surface area contributed by atoms with Crippen molar-refractivity contribution in [3.8, 4) is 0 Å². The summed E-state index contributed by atoms with van der Waals surface area (Å²) in [4.78, 5) is 9.36. The lowest BCUT2D eigenvalue weighted by atomic mass is 10.0. The highest BCUT2D eigenvalue weighted by molar-refractivity contribution is 5.97.